The van der Waals surface area contributed by atoms with Crippen LogP contribution in [0.5, 0.6) is 0 Å². The number of thiocarbonyl (C=S) groups is 1. The zero-order valence-corrected chi connectivity index (χ0v) is 10.3. The quantitative estimate of drug-likeness (QED) is 0.496. The zero-order valence-electron chi connectivity index (χ0n) is 9.50. The molecule has 16 heavy (non-hydrogen) atoms. The molecule has 7 heteroatoms. The Labute approximate surface area is 99.4 Å². The number of amides is 1. The summed E-state index contributed by atoms with van der Waals surface area (Å²) in [5, 5.41) is 7.31. The summed E-state index contributed by atoms with van der Waals surface area (Å²) in [5.74, 6) is -0.275. The Balaban J connectivity index is 2.53. The molecule has 1 aromatic rings. The molecular weight excluding hydrogens is 226 g/mol. The normalized spacial score (nSPS) is 9.69. The Morgan fingerprint density at radius 2 is 2.25 bits per heavy atom. The number of aromatic nitrogens is 2. The number of hydrazine groups is 1. The summed E-state index contributed by atoms with van der Waals surface area (Å²) in [6, 6.07) is 1.70. The van der Waals surface area contributed by atoms with Gasteiger partial charge < -0.3 is 5.32 Å². The van der Waals surface area contributed by atoms with E-state index < -0.39 is 0 Å². The number of hydrogen-bond donors (Lipinski definition) is 3. The second kappa shape index (κ2) is 5.45. The lowest BCUT2D eigenvalue weighted by molar-refractivity contribution is 0.0934. The average Bonchev–Trinajstić information content (AvgIpc) is 2.55. The molecule has 0 radical (unpaired) electrons. The number of aryl methyl sites for hydroxylation is 2. The Hall–Kier alpha value is -1.63. The molecule has 1 rings (SSSR count). The van der Waals surface area contributed by atoms with Gasteiger partial charge >= 0.3 is 0 Å². The molecule has 0 atom stereocenters. The van der Waals surface area contributed by atoms with Crippen LogP contribution in [0, 0.1) is 6.92 Å². The van der Waals surface area contributed by atoms with Crippen molar-refractivity contribution in [3.05, 3.63) is 17.5 Å². The number of carbonyl (C=O) groups excluding carboxylic acids is 1. The molecule has 6 nitrogen and oxygen atoms in total. The van der Waals surface area contributed by atoms with E-state index in [0.29, 0.717) is 17.4 Å². The maximum atomic E-state index is 11.7. The van der Waals surface area contributed by atoms with Gasteiger partial charge in [-0.05, 0) is 32.1 Å². The molecule has 0 aliphatic rings. The molecule has 0 bridgehead atoms. The van der Waals surface area contributed by atoms with Crippen LogP contribution in [0.3, 0.4) is 0 Å². The minimum absolute atomic E-state index is 0.275. The van der Waals surface area contributed by atoms with Crippen LogP contribution < -0.4 is 16.2 Å². The van der Waals surface area contributed by atoms with Gasteiger partial charge in [0.25, 0.3) is 5.91 Å². The van der Waals surface area contributed by atoms with Gasteiger partial charge in [0.1, 0.15) is 5.69 Å². The molecule has 0 saturated heterocycles. The second-order valence-electron chi connectivity index (χ2n) is 3.23. The van der Waals surface area contributed by atoms with Gasteiger partial charge in [-0.25, -0.2) is 0 Å². The molecule has 1 aromatic heterocycles. The van der Waals surface area contributed by atoms with E-state index in [4.69, 9.17) is 12.2 Å². The summed E-state index contributed by atoms with van der Waals surface area (Å²) in [6.45, 7) is 4.44. The van der Waals surface area contributed by atoms with Gasteiger partial charge in [-0.1, -0.05) is 0 Å². The van der Waals surface area contributed by atoms with Crippen LogP contribution in [0.4, 0.5) is 0 Å². The fourth-order valence-electron chi connectivity index (χ4n) is 1.21. The first-order valence-electron chi connectivity index (χ1n) is 4.89. The van der Waals surface area contributed by atoms with E-state index >= 15 is 0 Å². The second-order valence-corrected chi connectivity index (χ2v) is 3.64. The Bertz CT molecular complexity index is 401. The van der Waals surface area contributed by atoms with E-state index in [-0.39, 0.29) is 5.91 Å². The van der Waals surface area contributed by atoms with E-state index in [0.717, 1.165) is 5.69 Å². The number of carbonyl (C=O) groups is 1. The summed E-state index contributed by atoms with van der Waals surface area (Å²) >= 11 is 4.90. The first-order chi connectivity index (χ1) is 7.54. The van der Waals surface area contributed by atoms with E-state index in [1.54, 1.807) is 13.1 Å². The highest BCUT2D eigenvalue weighted by Crippen LogP contribution is 2.00. The lowest BCUT2D eigenvalue weighted by atomic mass is 10.3. The Morgan fingerprint density at radius 1 is 1.56 bits per heavy atom. The topological polar surface area (TPSA) is 71.0 Å². The zero-order chi connectivity index (χ0) is 12.1. The fourth-order valence-corrected chi connectivity index (χ4v) is 1.40. The largest absolute Gasteiger partial charge is 0.362 e. The van der Waals surface area contributed by atoms with Gasteiger partial charge in [0, 0.05) is 13.6 Å². The number of nitrogens with zero attached hydrogens (tertiary/aromatic N) is 2. The molecular formula is C9H15N5OS. The summed E-state index contributed by atoms with van der Waals surface area (Å²) in [5.41, 5.74) is 6.35. The van der Waals surface area contributed by atoms with Crippen LogP contribution in [0.25, 0.3) is 0 Å². The van der Waals surface area contributed by atoms with Crippen molar-refractivity contribution in [3.8, 4) is 0 Å². The molecule has 1 amide bonds. The smallest absolute Gasteiger partial charge is 0.287 e. The van der Waals surface area contributed by atoms with E-state index in [9.17, 15) is 4.79 Å². The molecule has 0 aromatic carbocycles. The van der Waals surface area contributed by atoms with Gasteiger partial charge in [0.05, 0.1) is 5.69 Å². The molecule has 0 aliphatic carbocycles. The monoisotopic (exact) mass is 241 g/mol. The average molecular weight is 241 g/mol. The van der Waals surface area contributed by atoms with Crippen LogP contribution >= 0.6 is 12.2 Å². The van der Waals surface area contributed by atoms with Crippen molar-refractivity contribution in [2.45, 2.75) is 13.8 Å². The van der Waals surface area contributed by atoms with Gasteiger partial charge in [0.15, 0.2) is 5.11 Å². The van der Waals surface area contributed by atoms with Gasteiger partial charge in [-0.3, -0.25) is 20.3 Å². The Morgan fingerprint density at radius 3 is 2.75 bits per heavy atom. The minimum Gasteiger partial charge on any atom is -0.362 e. The van der Waals surface area contributed by atoms with Crippen molar-refractivity contribution in [3.63, 3.8) is 0 Å². The summed E-state index contributed by atoms with van der Waals surface area (Å²) in [6.07, 6.45) is 0. The molecule has 0 unspecified atom stereocenters. The van der Waals surface area contributed by atoms with E-state index in [1.165, 1.54) is 4.68 Å². The third-order valence-electron chi connectivity index (χ3n) is 1.86. The van der Waals surface area contributed by atoms with Crippen molar-refractivity contribution < 1.29 is 4.79 Å². The van der Waals surface area contributed by atoms with Crippen LogP contribution in [0.15, 0.2) is 6.07 Å². The van der Waals surface area contributed by atoms with Crippen LogP contribution in [-0.2, 0) is 7.05 Å². The van der Waals surface area contributed by atoms with Crippen molar-refractivity contribution >= 4 is 23.2 Å². The van der Waals surface area contributed by atoms with Gasteiger partial charge in [-0.2, -0.15) is 5.10 Å². The molecule has 3 N–H and O–H groups in total. The molecule has 0 aliphatic heterocycles. The third-order valence-corrected chi connectivity index (χ3v) is 2.11. The van der Waals surface area contributed by atoms with Crippen molar-refractivity contribution in [2.24, 2.45) is 7.05 Å². The lowest BCUT2D eigenvalue weighted by Crippen LogP contribution is -2.47. The predicted octanol–water partition coefficient (Wildman–Crippen LogP) is -0.143. The van der Waals surface area contributed by atoms with Crippen LogP contribution in [0.2, 0.25) is 0 Å². The van der Waals surface area contributed by atoms with Gasteiger partial charge in [0.2, 0.25) is 0 Å². The molecule has 0 spiro atoms. The maximum absolute atomic E-state index is 11.7. The van der Waals surface area contributed by atoms with Gasteiger partial charge in [-0.15, -0.1) is 0 Å². The summed E-state index contributed by atoms with van der Waals surface area (Å²) in [4.78, 5) is 11.7. The highest BCUT2D eigenvalue weighted by Gasteiger charge is 2.11. The predicted molar refractivity (Wildman–Crippen MR) is 64.8 cm³/mol. The molecule has 0 fully saturated rings. The van der Waals surface area contributed by atoms with Crippen molar-refractivity contribution in [1.29, 1.82) is 0 Å². The molecule has 88 valence electrons. The van der Waals surface area contributed by atoms with E-state index in [2.05, 4.69) is 21.3 Å². The number of nitrogens with one attached hydrogen (secondary N) is 3. The molecule has 1 heterocycles. The third kappa shape index (κ3) is 3.20. The van der Waals surface area contributed by atoms with Crippen molar-refractivity contribution in [1.82, 2.24) is 25.9 Å². The van der Waals surface area contributed by atoms with E-state index in [1.807, 2.05) is 13.8 Å². The number of rotatable bonds is 2. The SMILES string of the molecule is CCNC(=S)NNC(=O)c1cc(C)nn1C. The summed E-state index contributed by atoms with van der Waals surface area (Å²) < 4.78 is 1.52. The summed E-state index contributed by atoms with van der Waals surface area (Å²) in [7, 11) is 1.71. The first-order valence-corrected chi connectivity index (χ1v) is 5.30. The maximum Gasteiger partial charge on any atom is 0.287 e. The highest BCUT2D eigenvalue weighted by atomic mass is 32.1. The van der Waals surface area contributed by atoms with Crippen molar-refractivity contribution in [2.75, 3.05) is 6.54 Å². The minimum atomic E-state index is -0.275. The standard InChI is InChI=1S/C9H15N5OS/c1-4-10-9(16)12-11-8(15)7-5-6(2)13-14(7)3/h5H,4H2,1-3H3,(H,11,15)(H2,10,12,16). The van der Waals surface area contributed by atoms with Crippen LogP contribution in [-0.4, -0.2) is 27.3 Å². The lowest BCUT2D eigenvalue weighted by Gasteiger charge is -2.09. The highest BCUT2D eigenvalue weighted by molar-refractivity contribution is 7.80. The Kier molecular flexibility index (Phi) is 4.24. The number of hydrogen-bond acceptors (Lipinski definition) is 3. The fraction of sp³-hybridized carbons (Fsp3) is 0.444. The van der Waals surface area contributed by atoms with Crippen LogP contribution in [0.1, 0.15) is 23.1 Å². The first kappa shape index (κ1) is 12.4. The molecule has 0 saturated carbocycles.